The first-order valence-corrected chi connectivity index (χ1v) is 12.8. The Balaban J connectivity index is 2.58. The zero-order chi connectivity index (χ0) is 28.1. The Labute approximate surface area is 222 Å². The number of hydrogen-bond donors (Lipinski definition) is 2. The van der Waals surface area contributed by atoms with Crippen LogP contribution in [-0.2, 0) is 14.3 Å². The normalized spacial score (nSPS) is 12.5. The number of carbonyl (C=O) groups excluding carboxylic acids is 3. The van der Waals surface area contributed by atoms with E-state index in [0.717, 1.165) is 33.5 Å². The topological polar surface area (TPSA) is 87.7 Å². The molecule has 0 heterocycles. The standard InChI is InChI=1S/C30H43N3O4/c1-11-30(9,10)33(24(34)18-31-28(36)37-29(6,7)8)26(23-17-19(2)15-16-20(23)3)27(35)32-25-21(4)13-12-14-22(25)5/h12-17,26H,11,18H2,1-10H3,(H,31,36)(H,32,35). The molecule has 7 heteroatoms. The van der Waals surface area contributed by atoms with Gasteiger partial charge in [0.05, 0.1) is 0 Å². The first-order valence-electron chi connectivity index (χ1n) is 12.8. The van der Waals surface area contributed by atoms with Crippen molar-refractivity contribution < 1.29 is 19.1 Å². The van der Waals surface area contributed by atoms with E-state index in [1.54, 1.807) is 25.7 Å². The van der Waals surface area contributed by atoms with Crippen molar-refractivity contribution >= 4 is 23.6 Å². The van der Waals surface area contributed by atoms with Crippen molar-refractivity contribution in [3.63, 3.8) is 0 Å². The minimum Gasteiger partial charge on any atom is -0.444 e. The average Bonchev–Trinajstić information content (AvgIpc) is 2.78. The van der Waals surface area contributed by atoms with E-state index in [1.165, 1.54) is 0 Å². The molecule has 1 atom stereocenters. The lowest BCUT2D eigenvalue weighted by Crippen LogP contribution is -2.55. The van der Waals surface area contributed by atoms with E-state index < -0.39 is 23.3 Å². The highest BCUT2D eigenvalue weighted by molar-refractivity contribution is 5.99. The Morgan fingerprint density at radius 1 is 0.919 bits per heavy atom. The number of carbonyl (C=O) groups is 3. The number of nitrogens with one attached hydrogen (secondary N) is 2. The second kappa shape index (κ2) is 11.8. The molecule has 0 spiro atoms. The molecule has 2 rings (SSSR count). The van der Waals surface area contributed by atoms with Crippen LogP contribution in [0.1, 0.15) is 81.8 Å². The third-order valence-electron chi connectivity index (χ3n) is 6.53. The van der Waals surface area contributed by atoms with Gasteiger partial charge in [-0.3, -0.25) is 9.59 Å². The van der Waals surface area contributed by atoms with Crippen molar-refractivity contribution in [3.05, 3.63) is 64.2 Å². The monoisotopic (exact) mass is 509 g/mol. The van der Waals surface area contributed by atoms with Crippen LogP contribution in [0.4, 0.5) is 10.5 Å². The molecule has 37 heavy (non-hydrogen) atoms. The summed E-state index contributed by atoms with van der Waals surface area (Å²) in [5.74, 6) is -0.682. The number of hydrogen-bond acceptors (Lipinski definition) is 4. The predicted octanol–water partition coefficient (Wildman–Crippen LogP) is 6.14. The number of nitrogens with zero attached hydrogens (tertiary/aromatic N) is 1. The number of aryl methyl sites for hydroxylation is 4. The highest BCUT2D eigenvalue weighted by Gasteiger charge is 2.41. The van der Waals surface area contributed by atoms with Crippen molar-refractivity contribution in [2.24, 2.45) is 0 Å². The number of alkyl carbamates (subject to hydrolysis) is 1. The van der Waals surface area contributed by atoms with Crippen molar-refractivity contribution in [1.82, 2.24) is 10.2 Å². The number of para-hydroxylation sites is 1. The molecule has 3 amide bonds. The van der Waals surface area contributed by atoms with Crippen LogP contribution in [0.2, 0.25) is 0 Å². The van der Waals surface area contributed by atoms with E-state index in [-0.39, 0.29) is 18.4 Å². The van der Waals surface area contributed by atoms with Crippen LogP contribution >= 0.6 is 0 Å². The molecule has 0 radical (unpaired) electrons. The van der Waals surface area contributed by atoms with E-state index in [2.05, 4.69) is 10.6 Å². The quantitative estimate of drug-likeness (QED) is 0.447. The minimum atomic E-state index is -0.915. The van der Waals surface area contributed by atoms with Gasteiger partial charge in [0.2, 0.25) is 5.91 Å². The van der Waals surface area contributed by atoms with Crippen LogP contribution < -0.4 is 10.6 Å². The summed E-state index contributed by atoms with van der Waals surface area (Å²) in [6.45, 7) is 18.6. The zero-order valence-electron chi connectivity index (χ0n) is 24.0. The summed E-state index contributed by atoms with van der Waals surface area (Å²) in [6.07, 6.45) is -0.0816. The van der Waals surface area contributed by atoms with E-state index >= 15 is 0 Å². The molecule has 1 unspecified atom stereocenters. The van der Waals surface area contributed by atoms with Gasteiger partial charge >= 0.3 is 6.09 Å². The van der Waals surface area contributed by atoms with Gasteiger partial charge in [-0.15, -0.1) is 0 Å². The van der Waals surface area contributed by atoms with Gasteiger partial charge < -0.3 is 20.3 Å². The molecule has 0 bridgehead atoms. The summed E-state index contributed by atoms with van der Waals surface area (Å²) in [4.78, 5) is 41.8. The lowest BCUT2D eigenvalue weighted by atomic mass is 9.90. The molecule has 202 valence electrons. The van der Waals surface area contributed by atoms with Crippen LogP contribution in [-0.4, -0.2) is 40.5 Å². The number of ether oxygens (including phenoxy) is 1. The van der Waals surface area contributed by atoms with Gasteiger partial charge in [-0.25, -0.2) is 4.79 Å². The van der Waals surface area contributed by atoms with Crippen LogP contribution in [0, 0.1) is 27.7 Å². The van der Waals surface area contributed by atoms with Crippen molar-refractivity contribution in [2.75, 3.05) is 11.9 Å². The molecule has 0 aliphatic carbocycles. The maximum Gasteiger partial charge on any atom is 0.408 e. The largest absolute Gasteiger partial charge is 0.444 e. The molecular weight excluding hydrogens is 466 g/mol. The lowest BCUT2D eigenvalue weighted by Gasteiger charge is -2.43. The number of rotatable bonds is 8. The van der Waals surface area contributed by atoms with Gasteiger partial charge in [-0.1, -0.05) is 48.9 Å². The number of amides is 3. The fourth-order valence-corrected chi connectivity index (χ4v) is 4.20. The first kappa shape index (κ1) is 29.9. The van der Waals surface area contributed by atoms with Gasteiger partial charge in [0, 0.05) is 11.2 Å². The number of benzene rings is 2. The smallest absolute Gasteiger partial charge is 0.408 e. The molecule has 0 aliphatic rings. The third-order valence-corrected chi connectivity index (χ3v) is 6.53. The summed E-state index contributed by atoms with van der Waals surface area (Å²) in [5, 5.41) is 5.68. The molecule has 2 N–H and O–H groups in total. The summed E-state index contributed by atoms with van der Waals surface area (Å²) in [6, 6.07) is 10.8. The van der Waals surface area contributed by atoms with Crippen molar-refractivity contribution in [1.29, 1.82) is 0 Å². The minimum absolute atomic E-state index is 0.295. The number of anilines is 1. The highest BCUT2D eigenvalue weighted by atomic mass is 16.6. The molecular formula is C30H43N3O4. The zero-order valence-corrected chi connectivity index (χ0v) is 24.0. The Morgan fingerprint density at radius 3 is 2.05 bits per heavy atom. The van der Waals surface area contributed by atoms with Crippen LogP contribution in [0.25, 0.3) is 0 Å². The lowest BCUT2D eigenvalue weighted by molar-refractivity contribution is -0.145. The Hall–Kier alpha value is -3.35. The summed E-state index contributed by atoms with van der Waals surface area (Å²) in [7, 11) is 0. The van der Waals surface area contributed by atoms with Gasteiger partial charge in [0.1, 0.15) is 18.2 Å². The van der Waals surface area contributed by atoms with E-state index in [0.29, 0.717) is 6.42 Å². The summed E-state index contributed by atoms with van der Waals surface area (Å²) >= 11 is 0. The molecule has 2 aromatic rings. The highest BCUT2D eigenvalue weighted by Crippen LogP contribution is 2.34. The Kier molecular flexibility index (Phi) is 9.53. The Morgan fingerprint density at radius 2 is 1.51 bits per heavy atom. The molecule has 7 nitrogen and oxygen atoms in total. The fraction of sp³-hybridized carbons (Fsp3) is 0.500. The maximum atomic E-state index is 14.1. The Bertz CT molecular complexity index is 1130. The van der Waals surface area contributed by atoms with Crippen molar-refractivity contribution in [2.45, 2.75) is 92.8 Å². The molecule has 2 aromatic carbocycles. The van der Waals surface area contributed by atoms with Gasteiger partial charge in [-0.2, -0.15) is 0 Å². The van der Waals surface area contributed by atoms with Crippen LogP contribution in [0.3, 0.4) is 0 Å². The van der Waals surface area contributed by atoms with E-state index in [9.17, 15) is 14.4 Å². The van der Waals surface area contributed by atoms with Crippen LogP contribution in [0.5, 0.6) is 0 Å². The molecule has 0 aliphatic heterocycles. The molecule has 0 fully saturated rings. The van der Waals surface area contributed by atoms with Crippen LogP contribution in [0.15, 0.2) is 36.4 Å². The molecule has 0 saturated heterocycles. The second-order valence-electron chi connectivity index (χ2n) is 11.3. The first-order chi connectivity index (χ1) is 17.1. The van der Waals surface area contributed by atoms with Gasteiger partial charge in [0.25, 0.3) is 5.91 Å². The SMILES string of the molecule is CCC(C)(C)N(C(=O)CNC(=O)OC(C)(C)C)C(C(=O)Nc1c(C)cccc1C)c1cc(C)ccc1C. The fourth-order valence-electron chi connectivity index (χ4n) is 4.20. The summed E-state index contributed by atoms with van der Waals surface area (Å²) < 4.78 is 5.31. The van der Waals surface area contributed by atoms with Gasteiger partial charge in [0.15, 0.2) is 0 Å². The predicted molar refractivity (Wildman–Crippen MR) is 149 cm³/mol. The third kappa shape index (κ3) is 7.81. The summed E-state index contributed by atoms with van der Waals surface area (Å²) in [5.41, 5.74) is 3.86. The molecule has 0 aromatic heterocycles. The van der Waals surface area contributed by atoms with Gasteiger partial charge in [-0.05, 0) is 91.0 Å². The maximum absolute atomic E-state index is 14.1. The van der Waals surface area contributed by atoms with Crippen molar-refractivity contribution in [3.8, 4) is 0 Å². The average molecular weight is 510 g/mol. The van der Waals surface area contributed by atoms with E-state index in [1.807, 2.05) is 84.9 Å². The second-order valence-corrected chi connectivity index (χ2v) is 11.3. The molecule has 0 saturated carbocycles. The van der Waals surface area contributed by atoms with E-state index in [4.69, 9.17) is 4.74 Å².